The SMILES string of the molecule is CCCCCCCCCCCOC(=O)CCCCCCCN(CCCCCCCC(=O)OCCCCCCCCCCC)CCN(Cc1ccccn1)Cc1ccccn1.[Zn+2]. The molecule has 0 fully saturated rings. The molecular formula is C52H90N4O4Zn+2. The molecule has 0 atom stereocenters. The molecule has 0 N–H and O–H groups in total. The van der Waals surface area contributed by atoms with Crippen molar-refractivity contribution in [2.24, 2.45) is 0 Å². The van der Waals surface area contributed by atoms with Gasteiger partial charge in [-0.2, -0.15) is 0 Å². The third kappa shape index (κ3) is 35.9. The van der Waals surface area contributed by atoms with Gasteiger partial charge in [-0.05, 0) is 75.9 Å². The average Bonchev–Trinajstić information content (AvgIpc) is 3.26. The van der Waals surface area contributed by atoms with Crippen molar-refractivity contribution >= 4 is 11.9 Å². The Hall–Kier alpha value is -2.22. The topological polar surface area (TPSA) is 84.9 Å². The second kappa shape index (κ2) is 43.1. The van der Waals surface area contributed by atoms with Crippen molar-refractivity contribution in [2.45, 2.75) is 220 Å². The third-order valence-corrected chi connectivity index (χ3v) is 11.7. The quantitative estimate of drug-likeness (QED) is 0.0370. The molecule has 0 bridgehead atoms. The first kappa shape index (κ1) is 56.8. The molecule has 8 nitrogen and oxygen atoms in total. The standard InChI is InChI=1S/C52H90N4O4.Zn/c1-3-5-7-9-11-13-15-23-33-45-59-51(57)37-25-19-17-21-31-41-55(43-44-56(47-49-35-27-29-39-53-49)48-50-36-28-30-40-54-50)42-32-22-18-20-26-38-52(58)60-46-34-24-16-14-12-10-8-6-4-2;/h27-30,35-36,39-40H,3-26,31-34,37-38,41-48H2,1-2H3;/q;+2. The second-order valence-electron chi connectivity index (χ2n) is 17.3. The molecule has 2 rings (SSSR count). The minimum absolute atomic E-state index is 0. The number of aromatic nitrogens is 2. The van der Waals surface area contributed by atoms with Gasteiger partial charge in [-0.15, -0.1) is 0 Å². The molecule has 0 saturated heterocycles. The molecule has 0 unspecified atom stereocenters. The van der Waals surface area contributed by atoms with E-state index in [-0.39, 0.29) is 31.4 Å². The van der Waals surface area contributed by atoms with E-state index in [9.17, 15) is 9.59 Å². The van der Waals surface area contributed by atoms with Gasteiger partial charge in [0.05, 0.1) is 24.6 Å². The summed E-state index contributed by atoms with van der Waals surface area (Å²) in [4.78, 5) is 38.9. The van der Waals surface area contributed by atoms with Crippen LogP contribution in [0, 0.1) is 0 Å². The predicted octanol–water partition coefficient (Wildman–Crippen LogP) is 13.6. The normalized spacial score (nSPS) is 11.3. The molecule has 0 radical (unpaired) electrons. The van der Waals surface area contributed by atoms with Gasteiger partial charge in [0.25, 0.3) is 0 Å². The van der Waals surface area contributed by atoms with Crippen LogP contribution in [0.4, 0.5) is 0 Å². The van der Waals surface area contributed by atoms with Gasteiger partial charge in [-0.25, -0.2) is 0 Å². The third-order valence-electron chi connectivity index (χ3n) is 11.7. The van der Waals surface area contributed by atoms with Crippen LogP contribution >= 0.6 is 0 Å². The van der Waals surface area contributed by atoms with Crippen molar-refractivity contribution in [1.82, 2.24) is 19.8 Å². The molecule has 342 valence electrons. The zero-order valence-corrected chi connectivity index (χ0v) is 42.6. The predicted molar refractivity (Wildman–Crippen MR) is 251 cm³/mol. The van der Waals surface area contributed by atoms with E-state index >= 15 is 0 Å². The van der Waals surface area contributed by atoms with E-state index in [2.05, 4.69) is 57.9 Å². The van der Waals surface area contributed by atoms with Gasteiger partial charge in [0, 0.05) is 51.4 Å². The van der Waals surface area contributed by atoms with Crippen LogP contribution in [0.2, 0.25) is 0 Å². The summed E-state index contributed by atoms with van der Waals surface area (Å²) in [5, 5.41) is 0. The van der Waals surface area contributed by atoms with Crippen LogP contribution in [-0.4, -0.2) is 71.1 Å². The van der Waals surface area contributed by atoms with Crippen LogP contribution in [0.5, 0.6) is 0 Å². The molecule has 0 aliphatic heterocycles. The molecule has 0 aliphatic rings. The Morgan fingerprint density at radius 3 is 1.15 bits per heavy atom. The van der Waals surface area contributed by atoms with Crippen LogP contribution in [0.15, 0.2) is 48.8 Å². The van der Waals surface area contributed by atoms with E-state index in [0.717, 1.165) is 102 Å². The number of ether oxygens (including phenoxy) is 2. The summed E-state index contributed by atoms with van der Waals surface area (Å²) in [7, 11) is 0. The Balaban J connectivity index is 0.0000186. The number of esters is 2. The Morgan fingerprint density at radius 2 is 0.770 bits per heavy atom. The summed E-state index contributed by atoms with van der Waals surface area (Å²) in [6.45, 7) is 11.4. The van der Waals surface area contributed by atoms with Crippen molar-refractivity contribution in [2.75, 3.05) is 39.4 Å². The van der Waals surface area contributed by atoms with Gasteiger partial charge in [0.15, 0.2) is 0 Å². The van der Waals surface area contributed by atoms with Crippen LogP contribution < -0.4 is 0 Å². The van der Waals surface area contributed by atoms with Crippen LogP contribution in [-0.2, 0) is 51.6 Å². The van der Waals surface area contributed by atoms with E-state index in [1.165, 1.54) is 128 Å². The molecule has 0 amide bonds. The second-order valence-corrected chi connectivity index (χ2v) is 17.3. The number of rotatable bonds is 43. The number of unbranched alkanes of at least 4 members (excludes halogenated alkanes) is 24. The maximum Gasteiger partial charge on any atom is 2.00 e. The van der Waals surface area contributed by atoms with E-state index in [1.54, 1.807) is 0 Å². The van der Waals surface area contributed by atoms with E-state index in [1.807, 2.05) is 24.5 Å². The monoisotopic (exact) mass is 899 g/mol. The molecular weight excluding hydrogens is 810 g/mol. The van der Waals surface area contributed by atoms with Gasteiger partial charge in [0.2, 0.25) is 0 Å². The first-order valence-corrected chi connectivity index (χ1v) is 25.2. The maximum absolute atomic E-state index is 12.3. The van der Waals surface area contributed by atoms with E-state index in [4.69, 9.17) is 9.47 Å². The van der Waals surface area contributed by atoms with Gasteiger partial charge in [0.1, 0.15) is 0 Å². The Morgan fingerprint density at radius 1 is 0.426 bits per heavy atom. The maximum atomic E-state index is 12.3. The van der Waals surface area contributed by atoms with Gasteiger partial charge in [-0.1, -0.05) is 167 Å². The summed E-state index contributed by atoms with van der Waals surface area (Å²) in [5.41, 5.74) is 2.17. The minimum Gasteiger partial charge on any atom is -0.466 e. The number of pyridine rings is 2. The first-order valence-electron chi connectivity index (χ1n) is 25.2. The van der Waals surface area contributed by atoms with Gasteiger partial charge >= 0.3 is 31.4 Å². The fraction of sp³-hybridized carbons (Fsp3) is 0.769. The Kier molecular flexibility index (Phi) is 40.1. The Bertz CT molecular complexity index is 1150. The molecule has 0 aromatic carbocycles. The van der Waals surface area contributed by atoms with Crippen LogP contribution in [0.25, 0.3) is 0 Å². The van der Waals surface area contributed by atoms with Crippen LogP contribution in [0.3, 0.4) is 0 Å². The summed E-state index contributed by atoms with van der Waals surface area (Å²) >= 11 is 0. The van der Waals surface area contributed by atoms with Crippen molar-refractivity contribution in [3.8, 4) is 0 Å². The van der Waals surface area contributed by atoms with Crippen molar-refractivity contribution in [1.29, 1.82) is 0 Å². The number of carbonyl (C=O) groups excluding carboxylic acids is 2. The summed E-state index contributed by atoms with van der Waals surface area (Å²) in [6.07, 6.45) is 38.9. The largest absolute Gasteiger partial charge is 2.00 e. The molecule has 2 aromatic heterocycles. The van der Waals surface area contributed by atoms with Crippen molar-refractivity contribution < 1.29 is 38.5 Å². The average molecular weight is 901 g/mol. The summed E-state index contributed by atoms with van der Waals surface area (Å²) in [5.74, 6) is -0.0445. The Labute approximate surface area is 387 Å². The molecule has 2 heterocycles. The molecule has 0 aliphatic carbocycles. The number of hydrogen-bond donors (Lipinski definition) is 0. The van der Waals surface area contributed by atoms with Crippen molar-refractivity contribution in [3.63, 3.8) is 0 Å². The fourth-order valence-electron chi connectivity index (χ4n) is 7.89. The van der Waals surface area contributed by atoms with Crippen LogP contribution in [0.1, 0.15) is 218 Å². The summed E-state index contributed by atoms with van der Waals surface area (Å²) < 4.78 is 11.0. The van der Waals surface area contributed by atoms with Crippen molar-refractivity contribution in [3.05, 3.63) is 60.2 Å². The molecule has 61 heavy (non-hydrogen) atoms. The zero-order chi connectivity index (χ0) is 42.8. The first-order chi connectivity index (χ1) is 29.6. The molecule has 2 aromatic rings. The van der Waals surface area contributed by atoms with E-state index < -0.39 is 0 Å². The molecule has 0 spiro atoms. The fourth-order valence-corrected chi connectivity index (χ4v) is 7.89. The number of nitrogens with zero attached hydrogens (tertiary/aromatic N) is 4. The zero-order valence-electron chi connectivity index (χ0n) is 39.6. The van der Waals surface area contributed by atoms with Gasteiger partial charge in [-0.3, -0.25) is 24.5 Å². The number of carbonyl (C=O) groups is 2. The molecule has 9 heteroatoms. The molecule has 0 saturated carbocycles. The van der Waals surface area contributed by atoms with E-state index in [0.29, 0.717) is 26.1 Å². The smallest absolute Gasteiger partial charge is 0.466 e. The number of hydrogen-bond acceptors (Lipinski definition) is 8. The van der Waals surface area contributed by atoms with Gasteiger partial charge < -0.3 is 14.4 Å². The summed E-state index contributed by atoms with van der Waals surface area (Å²) in [6, 6.07) is 12.3. The minimum atomic E-state index is -0.0222.